The lowest BCUT2D eigenvalue weighted by atomic mass is 10.0. The van der Waals surface area contributed by atoms with Crippen LogP contribution in [0.2, 0.25) is 0 Å². The quantitative estimate of drug-likeness (QED) is 0.846. The number of nitrogens with zero attached hydrogens (tertiary/aromatic N) is 2. The molecule has 0 atom stereocenters. The zero-order valence-corrected chi connectivity index (χ0v) is 14.8. The lowest BCUT2D eigenvalue weighted by molar-refractivity contribution is 0.0913. The van der Waals surface area contributed by atoms with Gasteiger partial charge in [0.15, 0.2) is 5.13 Å². The van der Waals surface area contributed by atoms with Crippen LogP contribution >= 0.6 is 11.3 Å². The Morgan fingerprint density at radius 1 is 1.29 bits per heavy atom. The highest BCUT2D eigenvalue weighted by Gasteiger charge is 2.22. The van der Waals surface area contributed by atoms with Crippen LogP contribution in [0.25, 0.3) is 0 Å². The van der Waals surface area contributed by atoms with Crippen LogP contribution in [0.3, 0.4) is 0 Å². The van der Waals surface area contributed by atoms with Gasteiger partial charge in [0.2, 0.25) is 0 Å². The number of benzene rings is 1. The monoisotopic (exact) mass is 344 g/mol. The van der Waals surface area contributed by atoms with Gasteiger partial charge in [0, 0.05) is 32.2 Å². The van der Waals surface area contributed by atoms with Crippen LogP contribution in [0.4, 0.5) is 5.13 Å². The van der Waals surface area contributed by atoms with Gasteiger partial charge < -0.3 is 10.6 Å². The highest BCUT2D eigenvalue weighted by atomic mass is 32.1. The maximum absolute atomic E-state index is 12.3. The molecule has 2 N–H and O–H groups in total. The van der Waals surface area contributed by atoms with Crippen molar-refractivity contribution in [3.8, 4) is 0 Å². The van der Waals surface area contributed by atoms with E-state index in [4.69, 9.17) is 0 Å². The van der Waals surface area contributed by atoms with Gasteiger partial charge in [-0.25, -0.2) is 4.98 Å². The molecule has 5 nitrogen and oxygen atoms in total. The van der Waals surface area contributed by atoms with Gasteiger partial charge in [-0.3, -0.25) is 9.69 Å². The Hall–Kier alpha value is -1.92. The number of hydrogen-bond donors (Lipinski definition) is 2. The van der Waals surface area contributed by atoms with Crippen molar-refractivity contribution in [3.63, 3.8) is 0 Å². The van der Waals surface area contributed by atoms with E-state index in [9.17, 15) is 4.79 Å². The number of amides is 1. The Balaban J connectivity index is 1.45. The Bertz CT molecular complexity index is 650. The van der Waals surface area contributed by atoms with Gasteiger partial charge in [-0.2, -0.15) is 0 Å². The molecule has 1 aliphatic heterocycles. The number of aromatic nitrogens is 1. The summed E-state index contributed by atoms with van der Waals surface area (Å²) in [5.41, 5.74) is 1.35. The van der Waals surface area contributed by atoms with Crippen LogP contribution in [0.15, 0.2) is 36.5 Å². The van der Waals surface area contributed by atoms with Crippen molar-refractivity contribution in [1.82, 2.24) is 15.2 Å². The fraction of sp³-hybridized carbons (Fsp3) is 0.444. The molecule has 3 rings (SSSR count). The van der Waals surface area contributed by atoms with Gasteiger partial charge in [-0.15, -0.1) is 0 Å². The molecule has 1 aliphatic rings. The molecule has 1 aromatic heterocycles. The van der Waals surface area contributed by atoms with E-state index < -0.39 is 0 Å². The molecule has 1 aromatic carbocycles. The molecule has 24 heavy (non-hydrogen) atoms. The summed E-state index contributed by atoms with van der Waals surface area (Å²) >= 11 is 1.41. The highest BCUT2D eigenvalue weighted by Crippen LogP contribution is 2.19. The minimum Gasteiger partial charge on any atom is -0.362 e. The first-order valence-electron chi connectivity index (χ1n) is 8.51. The maximum Gasteiger partial charge on any atom is 0.263 e. The number of thiazole rings is 1. The van der Waals surface area contributed by atoms with Crippen LogP contribution in [0.1, 0.15) is 35.0 Å². The molecule has 1 saturated heterocycles. The number of anilines is 1. The Morgan fingerprint density at radius 3 is 2.75 bits per heavy atom. The minimum atomic E-state index is -0.00170. The van der Waals surface area contributed by atoms with Crippen molar-refractivity contribution in [1.29, 1.82) is 0 Å². The van der Waals surface area contributed by atoms with Crippen molar-refractivity contribution in [2.24, 2.45) is 0 Å². The Morgan fingerprint density at radius 2 is 2.04 bits per heavy atom. The molecule has 1 amide bonds. The van der Waals surface area contributed by atoms with E-state index in [1.807, 2.05) is 13.0 Å². The predicted molar refractivity (Wildman–Crippen MR) is 98.5 cm³/mol. The standard InChI is InChI=1S/C18H24N4OS/c1-2-19-18-20-12-16(24-18)17(23)21-15-8-10-22(11-9-15)13-14-6-4-3-5-7-14/h3-7,12,15H,2,8-11,13H2,1H3,(H,19,20)(H,21,23). The summed E-state index contributed by atoms with van der Waals surface area (Å²) in [6, 6.07) is 10.8. The van der Waals surface area contributed by atoms with Gasteiger partial charge in [0.05, 0.1) is 6.20 Å². The largest absolute Gasteiger partial charge is 0.362 e. The third kappa shape index (κ3) is 4.55. The van der Waals surface area contributed by atoms with E-state index in [0.29, 0.717) is 4.88 Å². The van der Waals surface area contributed by atoms with E-state index >= 15 is 0 Å². The third-order valence-electron chi connectivity index (χ3n) is 4.23. The molecule has 0 radical (unpaired) electrons. The highest BCUT2D eigenvalue weighted by molar-refractivity contribution is 7.17. The van der Waals surface area contributed by atoms with Crippen LogP contribution in [0, 0.1) is 0 Å². The Labute approximate surface area is 147 Å². The second-order valence-electron chi connectivity index (χ2n) is 6.07. The number of carbonyl (C=O) groups excluding carboxylic acids is 1. The predicted octanol–water partition coefficient (Wildman–Crippen LogP) is 2.97. The number of piperidine rings is 1. The zero-order chi connectivity index (χ0) is 16.8. The smallest absolute Gasteiger partial charge is 0.263 e. The first kappa shape index (κ1) is 16.9. The van der Waals surface area contributed by atoms with E-state index in [2.05, 4.69) is 44.8 Å². The average Bonchev–Trinajstić information content (AvgIpc) is 3.07. The third-order valence-corrected chi connectivity index (χ3v) is 5.18. The number of nitrogens with one attached hydrogen (secondary N) is 2. The van der Waals surface area contributed by atoms with Crippen molar-refractivity contribution in [2.75, 3.05) is 25.0 Å². The summed E-state index contributed by atoms with van der Waals surface area (Å²) in [6.07, 6.45) is 3.65. The summed E-state index contributed by atoms with van der Waals surface area (Å²) in [4.78, 5) is 19.7. The van der Waals surface area contributed by atoms with E-state index in [-0.39, 0.29) is 11.9 Å². The molecule has 0 unspecified atom stereocenters. The van der Waals surface area contributed by atoms with Gasteiger partial charge in [0.25, 0.3) is 5.91 Å². The number of rotatable bonds is 6. The van der Waals surface area contributed by atoms with Gasteiger partial charge in [-0.05, 0) is 25.3 Å². The molecule has 0 aliphatic carbocycles. The van der Waals surface area contributed by atoms with E-state index in [0.717, 1.165) is 44.2 Å². The fourth-order valence-electron chi connectivity index (χ4n) is 2.95. The van der Waals surface area contributed by atoms with Crippen LogP contribution in [-0.2, 0) is 6.54 Å². The van der Waals surface area contributed by atoms with Gasteiger partial charge >= 0.3 is 0 Å². The maximum atomic E-state index is 12.3. The van der Waals surface area contributed by atoms with E-state index in [1.54, 1.807) is 6.20 Å². The van der Waals surface area contributed by atoms with E-state index in [1.165, 1.54) is 16.9 Å². The number of likely N-dealkylation sites (tertiary alicyclic amines) is 1. The second-order valence-corrected chi connectivity index (χ2v) is 7.10. The molecule has 2 aromatic rings. The molecule has 6 heteroatoms. The number of hydrogen-bond acceptors (Lipinski definition) is 5. The molecular weight excluding hydrogens is 320 g/mol. The second kappa shape index (κ2) is 8.26. The lowest BCUT2D eigenvalue weighted by Crippen LogP contribution is -2.44. The topological polar surface area (TPSA) is 57.3 Å². The van der Waals surface area contributed by atoms with Gasteiger partial charge in [-0.1, -0.05) is 41.7 Å². The zero-order valence-electron chi connectivity index (χ0n) is 14.0. The van der Waals surface area contributed by atoms with Crippen LogP contribution in [-0.4, -0.2) is 41.5 Å². The first-order chi connectivity index (χ1) is 11.7. The van der Waals surface area contributed by atoms with Crippen molar-refractivity contribution >= 4 is 22.4 Å². The lowest BCUT2D eigenvalue weighted by Gasteiger charge is -2.32. The molecule has 0 spiro atoms. The van der Waals surface area contributed by atoms with Crippen molar-refractivity contribution in [3.05, 3.63) is 47.0 Å². The summed E-state index contributed by atoms with van der Waals surface area (Å²) in [5.74, 6) is -0.00170. The summed E-state index contributed by atoms with van der Waals surface area (Å²) < 4.78 is 0. The molecule has 0 bridgehead atoms. The molecular formula is C18H24N4OS. The molecule has 1 fully saturated rings. The molecule has 2 heterocycles. The van der Waals surface area contributed by atoms with Gasteiger partial charge in [0.1, 0.15) is 4.88 Å². The molecule has 128 valence electrons. The van der Waals surface area contributed by atoms with Crippen LogP contribution in [0.5, 0.6) is 0 Å². The SMILES string of the molecule is CCNc1ncc(C(=O)NC2CCN(Cc3ccccc3)CC2)s1. The molecule has 0 saturated carbocycles. The van der Waals surface area contributed by atoms with Crippen molar-refractivity contribution < 1.29 is 4.79 Å². The summed E-state index contributed by atoms with van der Waals surface area (Å²) in [7, 11) is 0. The van der Waals surface area contributed by atoms with Crippen molar-refractivity contribution in [2.45, 2.75) is 32.4 Å². The average molecular weight is 344 g/mol. The summed E-state index contributed by atoms with van der Waals surface area (Å²) in [6.45, 7) is 5.86. The number of carbonyl (C=O) groups is 1. The first-order valence-corrected chi connectivity index (χ1v) is 9.33. The summed E-state index contributed by atoms with van der Waals surface area (Å²) in [5, 5.41) is 7.09. The Kier molecular flexibility index (Phi) is 5.82. The normalized spacial score (nSPS) is 16.0. The van der Waals surface area contributed by atoms with Crippen LogP contribution < -0.4 is 10.6 Å². The fourth-order valence-corrected chi connectivity index (χ4v) is 3.73. The minimum absolute atomic E-state index is 0.00170.